The first kappa shape index (κ1) is 14.7. The van der Waals surface area contributed by atoms with E-state index in [1.807, 2.05) is 11.9 Å². The number of nitrogens with one attached hydrogen (secondary N) is 3. The Hall–Kier alpha value is -1.89. The number of nitrogens with zero attached hydrogens (tertiary/aromatic N) is 2. The van der Waals surface area contributed by atoms with Crippen molar-refractivity contribution in [1.82, 2.24) is 20.4 Å². The van der Waals surface area contributed by atoms with Gasteiger partial charge in [-0.2, -0.15) is 5.10 Å². The number of H-pyrrole nitrogens is 1. The molecule has 124 valence electrons. The van der Waals surface area contributed by atoms with E-state index in [9.17, 15) is 9.59 Å². The SMILES string of the molecule is CN(C(=O)C12CC(C(=O)Nc3cn[nH]c3)(C1)C2)C1CCNCC1. The van der Waals surface area contributed by atoms with Gasteiger partial charge < -0.3 is 15.5 Å². The lowest BCUT2D eigenvalue weighted by molar-refractivity contribution is -0.213. The van der Waals surface area contributed by atoms with E-state index < -0.39 is 0 Å². The summed E-state index contributed by atoms with van der Waals surface area (Å²) >= 11 is 0. The second-order valence-electron chi connectivity index (χ2n) is 7.43. The molecule has 0 unspecified atom stereocenters. The minimum Gasteiger partial charge on any atom is -0.342 e. The molecule has 7 nitrogen and oxygen atoms in total. The van der Waals surface area contributed by atoms with Crippen molar-refractivity contribution < 1.29 is 9.59 Å². The molecule has 1 aromatic heterocycles. The van der Waals surface area contributed by atoms with Gasteiger partial charge in [0.15, 0.2) is 0 Å². The van der Waals surface area contributed by atoms with Crippen molar-refractivity contribution in [3.05, 3.63) is 12.4 Å². The van der Waals surface area contributed by atoms with Crippen molar-refractivity contribution in [2.75, 3.05) is 25.5 Å². The predicted octanol–water partition coefficient (Wildman–Crippen LogP) is 0.729. The maximum atomic E-state index is 12.8. The van der Waals surface area contributed by atoms with Crippen molar-refractivity contribution in [3.8, 4) is 0 Å². The molecule has 0 radical (unpaired) electrons. The Kier molecular flexibility index (Phi) is 3.23. The van der Waals surface area contributed by atoms with Gasteiger partial charge in [-0.15, -0.1) is 0 Å². The zero-order valence-electron chi connectivity index (χ0n) is 13.4. The fourth-order valence-electron chi connectivity index (χ4n) is 4.57. The van der Waals surface area contributed by atoms with Crippen LogP contribution in [0.15, 0.2) is 12.4 Å². The van der Waals surface area contributed by atoms with E-state index in [4.69, 9.17) is 0 Å². The van der Waals surface area contributed by atoms with Crippen LogP contribution >= 0.6 is 0 Å². The summed E-state index contributed by atoms with van der Waals surface area (Å²) in [7, 11) is 1.93. The topological polar surface area (TPSA) is 90.1 Å². The molecule has 1 aliphatic heterocycles. The van der Waals surface area contributed by atoms with Crippen LogP contribution in [0.4, 0.5) is 5.69 Å². The molecule has 2 bridgehead atoms. The summed E-state index contributed by atoms with van der Waals surface area (Å²) in [5.41, 5.74) is 0.0850. The lowest BCUT2D eigenvalue weighted by Crippen LogP contribution is -2.72. The first-order chi connectivity index (χ1) is 11.0. The highest BCUT2D eigenvalue weighted by Gasteiger charge is 2.75. The molecule has 1 aromatic rings. The molecule has 2 amide bonds. The molecule has 5 rings (SSSR count). The normalized spacial score (nSPS) is 32.6. The second kappa shape index (κ2) is 5.06. The molecule has 2 heterocycles. The van der Waals surface area contributed by atoms with Gasteiger partial charge in [-0.1, -0.05) is 0 Å². The van der Waals surface area contributed by atoms with Gasteiger partial charge in [-0.05, 0) is 45.2 Å². The molecule has 3 N–H and O–H groups in total. The third-order valence-corrected chi connectivity index (χ3v) is 5.90. The van der Waals surface area contributed by atoms with Crippen LogP contribution in [0, 0.1) is 10.8 Å². The fraction of sp³-hybridized carbons (Fsp3) is 0.688. The highest BCUT2D eigenvalue weighted by Crippen LogP contribution is 2.74. The van der Waals surface area contributed by atoms with E-state index in [0.29, 0.717) is 31.0 Å². The van der Waals surface area contributed by atoms with Crippen LogP contribution in [0.1, 0.15) is 32.1 Å². The van der Waals surface area contributed by atoms with Gasteiger partial charge in [-0.25, -0.2) is 0 Å². The standard InChI is InChI=1S/C16H23N5O2/c1-21(12-2-4-17-5-3-12)14(23)16-8-15(9-16,10-16)13(22)20-11-6-18-19-7-11/h6-7,12,17H,2-5,8-10H2,1H3,(H,18,19)(H,20,22). The highest BCUT2D eigenvalue weighted by molar-refractivity contribution is 6.02. The number of piperidine rings is 1. The smallest absolute Gasteiger partial charge is 0.230 e. The van der Waals surface area contributed by atoms with Crippen molar-refractivity contribution in [2.45, 2.75) is 38.1 Å². The van der Waals surface area contributed by atoms with Crippen LogP contribution in [0.3, 0.4) is 0 Å². The lowest BCUT2D eigenvalue weighted by Gasteiger charge is -2.68. The van der Waals surface area contributed by atoms with Gasteiger partial charge in [0.2, 0.25) is 11.8 Å². The number of amides is 2. The first-order valence-electron chi connectivity index (χ1n) is 8.33. The number of carbonyl (C=O) groups excluding carboxylic acids is 2. The molecule has 4 fully saturated rings. The van der Waals surface area contributed by atoms with Gasteiger partial charge in [-0.3, -0.25) is 14.7 Å². The molecule has 0 atom stereocenters. The maximum absolute atomic E-state index is 12.8. The van der Waals surface area contributed by atoms with Gasteiger partial charge in [0.25, 0.3) is 0 Å². The molecule has 0 aromatic carbocycles. The number of hydrogen-bond donors (Lipinski definition) is 3. The number of hydrogen-bond acceptors (Lipinski definition) is 4. The minimum atomic E-state index is -0.331. The quantitative estimate of drug-likeness (QED) is 0.763. The summed E-state index contributed by atoms with van der Waals surface area (Å²) in [4.78, 5) is 27.2. The number of aromatic nitrogens is 2. The van der Waals surface area contributed by atoms with Crippen molar-refractivity contribution >= 4 is 17.5 Å². The third-order valence-electron chi connectivity index (χ3n) is 5.90. The van der Waals surface area contributed by atoms with Gasteiger partial charge in [0, 0.05) is 19.3 Å². The van der Waals surface area contributed by atoms with E-state index in [-0.39, 0.29) is 22.6 Å². The monoisotopic (exact) mass is 317 g/mol. The van der Waals surface area contributed by atoms with Crippen LogP contribution in [-0.4, -0.2) is 53.1 Å². The largest absolute Gasteiger partial charge is 0.342 e. The summed E-state index contributed by atoms with van der Waals surface area (Å²) in [6, 6.07) is 0.341. The summed E-state index contributed by atoms with van der Waals surface area (Å²) < 4.78 is 0. The first-order valence-corrected chi connectivity index (χ1v) is 8.33. The Labute approximate surface area is 135 Å². The third kappa shape index (κ3) is 2.17. The minimum absolute atomic E-state index is 0.0260. The maximum Gasteiger partial charge on any atom is 0.230 e. The van der Waals surface area contributed by atoms with E-state index in [2.05, 4.69) is 20.8 Å². The van der Waals surface area contributed by atoms with Gasteiger partial charge >= 0.3 is 0 Å². The number of rotatable bonds is 4. The van der Waals surface area contributed by atoms with E-state index in [0.717, 1.165) is 25.9 Å². The average Bonchev–Trinajstić information content (AvgIpc) is 2.97. The molecular weight excluding hydrogens is 294 g/mol. The van der Waals surface area contributed by atoms with Crippen molar-refractivity contribution in [3.63, 3.8) is 0 Å². The summed E-state index contributed by atoms with van der Waals surface area (Å²) in [6.07, 6.45) is 7.37. The summed E-state index contributed by atoms with van der Waals surface area (Å²) in [5, 5.41) is 12.7. The molecular formula is C16H23N5O2. The molecule has 3 aliphatic carbocycles. The average molecular weight is 317 g/mol. The Bertz CT molecular complexity index is 601. The van der Waals surface area contributed by atoms with Crippen LogP contribution < -0.4 is 10.6 Å². The summed E-state index contributed by atoms with van der Waals surface area (Å²) in [5.74, 6) is 0.264. The zero-order valence-corrected chi connectivity index (χ0v) is 13.4. The Morgan fingerprint density at radius 1 is 1.26 bits per heavy atom. The van der Waals surface area contributed by atoms with Crippen LogP contribution in [0.5, 0.6) is 0 Å². The van der Waals surface area contributed by atoms with E-state index in [1.54, 1.807) is 12.4 Å². The van der Waals surface area contributed by atoms with Crippen LogP contribution in [-0.2, 0) is 9.59 Å². The molecule has 4 aliphatic rings. The van der Waals surface area contributed by atoms with Crippen LogP contribution in [0.2, 0.25) is 0 Å². The number of anilines is 1. The molecule has 1 saturated heterocycles. The summed E-state index contributed by atoms with van der Waals surface area (Å²) in [6.45, 7) is 1.96. The van der Waals surface area contributed by atoms with Crippen LogP contribution in [0.25, 0.3) is 0 Å². The Balaban J connectivity index is 1.35. The van der Waals surface area contributed by atoms with E-state index in [1.165, 1.54) is 0 Å². The highest BCUT2D eigenvalue weighted by atomic mass is 16.2. The zero-order chi connectivity index (χ0) is 16.1. The van der Waals surface area contributed by atoms with Gasteiger partial charge in [0.05, 0.1) is 22.7 Å². The fourth-order valence-corrected chi connectivity index (χ4v) is 4.57. The molecule has 23 heavy (non-hydrogen) atoms. The number of aromatic amines is 1. The Morgan fingerprint density at radius 3 is 2.57 bits per heavy atom. The molecule has 0 spiro atoms. The number of carbonyl (C=O) groups is 2. The van der Waals surface area contributed by atoms with Gasteiger partial charge in [0.1, 0.15) is 0 Å². The van der Waals surface area contributed by atoms with Crippen molar-refractivity contribution in [2.24, 2.45) is 10.8 Å². The molecule has 7 heteroatoms. The lowest BCUT2D eigenvalue weighted by atomic mass is 9.34. The van der Waals surface area contributed by atoms with Crippen molar-refractivity contribution in [1.29, 1.82) is 0 Å². The van der Waals surface area contributed by atoms with E-state index >= 15 is 0 Å². The predicted molar refractivity (Wildman–Crippen MR) is 84.6 cm³/mol. The second-order valence-corrected chi connectivity index (χ2v) is 7.43. The molecule has 3 saturated carbocycles. The Morgan fingerprint density at radius 2 is 1.96 bits per heavy atom.